The molecule has 0 bridgehead atoms. The summed E-state index contributed by atoms with van der Waals surface area (Å²) in [5.41, 5.74) is 12.4. The molecule has 1 aliphatic carbocycles. The molecule has 1 rings (SSSR count). The van der Waals surface area contributed by atoms with Crippen LogP contribution < -0.4 is 0 Å². The van der Waals surface area contributed by atoms with Gasteiger partial charge in [-0.1, -0.05) is 0 Å². The molecule has 85 valence electrons. The van der Waals surface area contributed by atoms with Crippen molar-refractivity contribution >= 4 is 48.0 Å². The average Bonchev–Trinajstić information content (AvgIpc) is 2.01. The Morgan fingerprint density at radius 2 is 1.46 bits per heavy atom. The van der Waals surface area contributed by atoms with Crippen molar-refractivity contribution in [3.63, 3.8) is 0 Å². The van der Waals surface area contributed by atoms with Crippen LogP contribution in [0.5, 0.6) is 0 Å². The van der Waals surface area contributed by atoms with E-state index in [1.165, 1.54) is 6.42 Å². The maximum absolute atomic E-state index is 2.61. The van der Waals surface area contributed by atoms with Gasteiger partial charge in [0.05, 0.1) is 0 Å². The first-order chi connectivity index (χ1) is 4.59. The molecule has 0 aliphatic heterocycles. The van der Waals surface area contributed by atoms with Gasteiger partial charge in [0, 0.05) is 0 Å². The van der Waals surface area contributed by atoms with Gasteiger partial charge in [-0.05, 0) is 0 Å². The number of hydrogen-bond donors (Lipinski definition) is 0. The molecule has 3 heteroatoms. The first-order valence-corrected chi connectivity index (χ1v) is 16.7. The SMILES string of the molecule is I.I.[CH3][Ir]([CH3])([CH3])([CH3])([CH3])[C]1=CC=CC1. The van der Waals surface area contributed by atoms with Crippen molar-refractivity contribution in [3.05, 3.63) is 22.3 Å². The van der Waals surface area contributed by atoms with Crippen molar-refractivity contribution in [2.24, 2.45) is 0 Å². The van der Waals surface area contributed by atoms with E-state index in [0.717, 1.165) is 0 Å². The van der Waals surface area contributed by atoms with Gasteiger partial charge in [0.15, 0.2) is 0 Å². The van der Waals surface area contributed by atoms with Gasteiger partial charge in [-0.25, -0.2) is 0 Å². The molecule has 0 fully saturated rings. The summed E-state index contributed by atoms with van der Waals surface area (Å²) in [6.07, 6.45) is 7.98. The molecule has 0 amide bonds. The minimum atomic E-state index is -2.61. The van der Waals surface area contributed by atoms with Gasteiger partial charge in [-0.2, -0.15) is 0 Å². The molecule has 1 aliphatic rings. The van der Waals surface area contributed by atoms with Crippen molar-refractivity contribution in [1.29, 1.82) is 0 Å². The Kier molecular flexibility index (Phi) is 5.06. The van der Waals surface area contributed by atoms with Crippen molar-refractivity contribution in [1.82, 2.24) is 0 Å². The van der Waals surface area contributed by atoms with E-state index in [4.69, 9.17) is 0 Å². The van der Waals surface area contributed by atoms with E-state index in [-0.39, 0.29) is 48.0 Å². The number of allylic oxidation sites excluding steroid dienone is 4. The van der Waals surface area contributed by atoms with Crippen molar-refractivity contribution in [3.8, 4) is 0 Å². The Balaban J connectivity index is 0. The van der Waals surface area contributed by atoms with Crippen LogP contribution in [-0.4, -0.2) is 0 Å². The second kappa shape index (κ2) is 3.87. The third-order valence-corrected chi connectivity index (χ3v) is 10.4. The second-order valence-electron chi connectivity index (χ2n) is 5.38. The summed E-state index contributed by atoms with van der Waals surface area (Å²) < 4.78 is 1.70. The summed E-state index contributed by atoms with van der Waals surface area (Å²) in [5, 5.41) is 0. The maximum atomic E-state index is 2.48. The van der Waals surface area contributed by atoms with Crippen LogP contribution in [0.2, 0.25) is 27.2 Å². The van der Waals surface area contributed by atoms with E-state index < -0.39 is 12.9 Å². The summed E-state index contributed by atoms with van der Waals surface area (Å²) >= 11 is -2.61. The van der Waals surface area contributed by atoms with Gasteiger partial charge in [0.25, 0.3) is 0 Å². The van der Waals surface area contributed by atoms with E-state index in [2.05, 4.69) is 45.4 Å². The molecule has 0 radical (unpaired) electrons. The predicted octanol–water partition coefficient (Wildman–Crippen LogP) is 5.53. The number of halogens is 2. The minimum absolute atomic E-state index is 0. The fraction of sp³-hybridized carbons (Fsp3) is 0.600. The van der Waals surface area contributed by atoms with Crippen LogP contribution in [0, 0.1) is 0 Å². The van der Waals surface area contributed by atoms with Gasteiger partial charge in [-0.15, -0.1) is 48.0 Å². The predicted molar refractivity (Wildman–Crippen MR) is 82.0 cm³/mol. The molecule has 0 aromatic heterocycles. The number of rotatable bonds is 1. The molecular weight excluding hydrogens is 566 g/mol. The van der Waals surface area contributed by atoms with E-state index in [1.54, 1.807) is 4.09 Å². The van der Waals surface area contributed by atoms with Crippen LogP contribution in [0.15, 0.2) is 22.3 Å². The van der Waals surface area contributed by atoms with E-state index in [1.807, 2.05) is 0 Å². The normalized spacial score (nSPS) is 20.5. The third-order valence-electron chi connectivity index (χ3n) is 1.78. The van der Waals surface area contributed by atoms with Crippen LogP contribution in [-0.2, 0) is 12.9 Å². The quantitative estimate of drug-likeness (QED) is 0.354. The molecule has 0 atom stereocenters. The first-order valence-electron chi connectivity index (χ1n) is 3.55. The Morgan fingerprint density at radius 1 is 1.00 bits per heavy atom. The van der Waals surface area contributed by atoms with Crippen molar-refractivity contribution in [2.45, 2.75) is 33.6 Å². The standard InChI is InChI=1S/C5H5.5CH3.2HI.Ir/c1-2-4-5-3-1;;;;;;;;/h1-3H,4H2;5*1H3;2*1H;. The fourth-order valence-electron chi connectivity index (χ4n) is 1.03. The van der Waals surface area contributed by atoms with Crippen LogP contribution in [0.1, 0.15) is 6.42 Å². The molecular formula is C10H22I2Ir. The van der Waals surface area contributed by atoms with E-state index in [0.29, 0.717) is 0 Å². The van der Waals surface area contributed by atoms with E-state index >= 15 is 0 Å². The summed E-state index contributed by atoms with van der Waals surface area (Å²) in [6.45, 7) is 0. The zero-order valence-corrected chi connectivity index (χ0v) is 16.1. The third kappa shape index (κ3) is 5.28. The summed E-state index contributed by atoms with van der Waals surface area (Å²) in [4.78, 5) is 0. The average molecular weight is 588 g/mol. The molecule has 0 saturated heterocycles. The Labute approximate surface area is 115 Å². The van der Waals surface area contributed by atoms with Crippen LogP contribution >= 0.6 is 48.0 Å². The van der Waals surface area contributed by atoms with Gasteiger partial charge in [0.1, 0.15) is 0 Å². The van der Waals surface area contributed by atoms with Gasteiger partial charge < -0.3 is 0 Å². The van der Waals surface area contributed by atoms with Crippen LogP contribution in [0.3, 0.4) is 0 Å². The fourth-order valence-corrected chi connectivity index (χ4v) is 5.98. The Morgan fingerprint density at radius 3 is 1.62 bits per heavy atom. The van der Waals surface area contributed by atoms with Crippen LogP contribution in [0.25, 0.3) is 0 Å². The molecule has 0 saturated carbocycles. The van der Waals surface area contributed by atoms with Crippen molar-refractivity contribution in [2.75, 3.05) is 0 Å². The van der Waals surface area contributed by atoms with Crippen LogP contribution in [0.4, 0.5) is 0 Å². The summed E-state index contributed by atoms with van der Waals surface area (Å²) in [7, 11) is 0. The topological polar surface area (TPSA) is 0 Å². The summed E-state index contributed by atoms with van der Waals surface area (Å²) in [5.74, 6) is 0. The molecule has 0 aromatic rings. The molecule has 0 N–H and O–H groups in total. The molecule has 0 unspecified atom stereocenters. The second-order valence-corrected chi connectivity index (χ2v) is 36.9. The first kappa shape index (κ1) is 17.0. The summed E-state index contributed by atoms with van der Waals surface area (Å²) in [6, 6.07) is 0. The number of hydrogen-bond acceptors (Lipinski definition) is 0. The molecule has 13 heavy (non-hydrogen) atoms. The monoisotopic (exact) mass is 589 g/mol. The molecule has 0 nitrogen and oxygen atoms in total. The Bertz CT molecular complexity index is 240. The van der Waals surface area contributed by atoms with E-state index in [9.17, 15) is 0 Å². The Hall–Kier alpha value is 1.59. The zero-order chi connectivity index (χ0) is 8.81. The van der Waals surface area contributed by atoms with Crippen molar-refractivity contribution < 1.29 is 12.9 Å². The molecule has 0 aromatic carbocycles. The molecule has 0 spiro atoms. The van der Waals surface area contributed by atoms with Gasteiger partial charge in [0.2, 0.25) is 0 Å². The van der Waals surface area contributed by atoms with Gasteiger partial charge >= 0.3 is 68.8 Å². The molecule has 0 heterocycles. The van der Waals surface area contributed by atoms with Gasteiger partial charge in [-0.3, -0.25) is 0 Å². The zero-order valence-electron chi connectivity index (χ0n) is 9.09.